The zero-order valence-electron chi connectivity index (χ0n) is 23.9. The Morgan fingerprint density at radius 2 is 2.05 bits per heavy atom. The van der Waals surface area contributed by atoms with Crippen molar-refractivity contribution in [2.75, 3.05) is 20.2 Å². The van der Waals surface area contributed by atoms with Crippen molar-refractivity contribution in [3.63, 3.8) is 0 Å². The van der Waals surface area contributed by atoms with Gasteiger partial charge in [0.25, 0.3) is 5.91 Å². The van der Waals surface area contributed by atoms with Crippen LogP contribution in [0, 0.1) is 5.92 Å². The van der Waals surface area contributed by atoms with Gasteiger partial charge in [-0.25, -0.2) is 14.4 Å². The monoisotopic (exact) mass is 570 g/mol. The number of amides is 1. The molecule has 42 heavy (non-hydrogen) atoms. The highest BCUT2D eigenvalue weighted by atomic mass is 19.1. The van der Waals surface area contributed by atoms with E-state index in [1.807, 2.05) is 29.3 Å². The highest BCUT2D eigenvalue weighted by Gasteiger charge is 2.31. The first kappa shape index (κ1) is 26.6. The molecule has 218 valence electrons. The number of likely N-dealkylation sites (tertiary alicyclic amines) is 1. The molecule has 11 heteroatoms. The average molecular weight is 571 g/mol. The maximum Gasteiger partial charge on any atom is 0.254 e. The number of aryl methyl sites for hydroxylation is 1. The van der Waals surface area contributed by atoms with Crippen LogP contribution in [0.4, 0.5) is 4.39 Å². The lowest BCUT2D eigenvalue weighted by atomic mass is 10.0. The molecule has 1 aliphatic carbocycles. The number of halogens is 1. The van der Waals surface area contributed by atoms with Gasteiger partial charge in [0.2, 0.25) is 0 Å². The van der Waals surface area contributed by atoms with Gasteiger partial charge in [-0.05, 0) is 62.4 Å². The van der Waals surface area contributed by atoms with E-state index in [-0.39, 0.29) is 24.9 Å². The number of ether oxygens (including phenoxy) is 1. The number of benzene rings is 1. The molecule has 1 saturated heterocycles. The second-order valence-corrected chi connectivity index (χ2v) is 11.6. The number of nitrogens with two attached hydrogens (primary N) is 1. The maximum atomic E-state index is 14.3. The van der Waals surface area contributed by atoms with Crippen LogP contribution >= 0.6 is 0 Å². The predicted octanol–water partition coefficient (Wildman–Crippen LogP) is 4.25. The fourth-order valence-electron chi connectivity index (χ4n) is 6.14. The van der Waals surface area contributed by atoms with Crippen molar-refractivity contribution in [2.45, 2.75) is 58.0 Å². The van der Waals surface area contributed by atoms with E-state index in [0.29, 0.717) is 35.8 Å². The molecule has 0 spiro atoms. The number of hydrogen-bond donors (Lipinski definition) is 1. The zero-order valence-corrected chi connectivity index (χ0v) is 23.9. The van der Waals surface area contributed by atoms with E-state index in [1.165, 1.54) is 17.7 Å². The van der Waals surface area contributed by atoms with E-state index >= 15 is 0 Å². The predicted molar refractivity (Wildman–Crippen MR) is 158 cm³/mol. The number of pyridine rings is 1. The summed E-state index contributed by atoms with van der Waals surface area (Å²) >= 11 is 0. The summed E-state index contributed by atoms with van der Waals surface area (Å²) in [4.78, 5) is 25.0. The first-order valence-electron chi connectivity index (χ1n) is 14.6. The summed E-state index contributed by atoms with van der Waals surface area (Å²) < 4.78 is 26.5. The van der Waals surface area contributed by atoms with Crippen molar-refractivity contribution < 1.29 is 13.9 Å². The summed E-state index contributed by atoms with van der Waals surface area (Å²) in [6, 6.07) is 9.30. The van der Waals surface area contributed by atoms with Gasteiger partial charge in [-0.2, -0.15) is 5.10 Å². The van der Waals surface area contributed by atoms with Crippen LogP contribution in [0.2, 0.25) is 0 Å². The molecular formula is C31H35FN8O2. The molecule has 4 aromatic heterocycles. The fraction of sp³-hybridized carbons (Fsp3) is 0.419. The largest absolute Gasteiger partial charge is 0.494 e. The third-order valence-corrected chi connectivity index (χ3v) is 8.37. The van der Waals surface area contributed by atoms with Crippen LogP contribution < -0.4 is 10.5 Å². The minimum atomic E-state index is -1.14. The first-order chi connectivity index (χ1) is 20.4. The second kappa shape index (κ2) is 10.5. The van der Waals surface area contributed by atoms with Gasteiger partial charge in [-0.1, -0.05) is 0 Å². The number of imidazole rings is 1. The lowest BCUT2D eigenvalue weighted by molar-refractivity contribution is 0.0606. The summed E-state index contributed by atoms with van der Waals surface area (Å²) in [7, 11) is 1.59. The van der Waals surface area contributed by atoms with Gasteiger partial charge in [0.15, 0.2) is 5.82 Å². The molecule has 2 atom stereocenters. The Bertz CT molecular complexity index is 1770. The number of rotatable bonds is 8. The van der Waals surface area contributed by atoms with Crippen LogP contribution in [0.25, 0.3) is 33.6 Å². The van der Waals surface area contributed by atoms with Gasteiger partial charge in [0.1, 0.15) is 23.1 Å². The normalized spacial score (nSPS) is 19.2. The Balaban J connectivity index is 1.41. The van der Waals surface area contributed by atoms with E-state index in [4.69, 9.17) is 20.4 Å². The third kappa shape index (κ3) is 4.81. The molecule has 0 unspecified atom stereocenters. The average Bonchev–Trinajstić information content (AvgIpc) is 3.40. The Kier molecular flexibility index (Phi) is 6.69. The number of piperidine rings is 1. The molecule has 2 aliphatic rings. The lowest BCUT2D eigenvalue weighted by Gasteiger charge is -2.33. The number of hydrogen-bond acceptors (Lipinski definition) is 6. The molecule has 10 nitrogen and oxygen atoms in total. The van der Waals surface area contributed by atoms with Crippen LogP contribution in [0.1, 0.15) is 42.1 Å². The number of fused-ring (bicyclic) bond motifs is 2. The second-order valence-electron chi connectivity index (χ2n) is 11.6. The van der Waals surface area contributed by atoms with E-state index in [2.05, 4.69) is 33.3 Å². The molecule has 2 N–H and O–H groups in total. The van der Waals surface area contributed by atoms with Gasteiger partial charge >= 0.3 is 0 Å². The van der Waals surface area contributed by atoms with Crippen molar-refractivity contribution in [3.05, 3.63) is 60.0 Å². The van der Waals surface area contributed by atoms with Crippen molar-refractivity contribution in [1.29, 1.82) is 0 Å². The summed E-state index contributed by atoms with van der Waals surface area (Å²) in [5, 5.41) is 5.54. The quantitative estimate of drug-likeness (QED) is 0.299. The SMILES string of the molecule is CCn1cc(Cn2c(-c3cc4cccnc4n3CC3CC3)nc3cc(C(=O)N4C[C@H](N)C[C@@H](F)C4)cc(OC)c32)cn1. The number of methoxy groups -OCH3 is 1. The highest BCUT2D eigenvalue weighted by Crippen LogP contribution is 2.38. The van der Waals surface area contributed by atoms with Crippen molar-refractivity contribution >= 4 is 28.0 Å². The number of carbonyl (C=O) groups excluding carboxylic acids is 1. The summed E-state index contributed by atoms with van der Waals surface area (Å²) in [6.45, 7) is 4.55. The van der Waals surface area contributed by atoms with Gasteiger partial charge in [-0.15, -0.1) is 0 Å². The number of aromatic nitrogens is 6. The number of alkyl halides is 1. The molecule has 0 bridgehead atoms. The lowest BCUT2D eigenvalue weighted by Crippen LogP contribution is -2.50. The number of carbonyl (C=O) groups is 1. The third-order valence-electron chi connectivity index (χ3n) is 8.37. The van der Waals surface area contributed by atoms with Crippen molar-refractivity contribution in [1.82, 2.24) is 33.8 Å². The molecular weight excluding hydrogens is 535 g/mol. The summed E-state index contributed by atoms with van der Waals surface area (Å²) in [5.41, 5.74) is 10.8. The Hall–Kier alpha value is -4.25. The molecule has 1 saturated carbocycles. The molecule has 2 fully saturated rings. The zero-order chi connectivity index (χ0) is 29.0. The number of nitrogens with zero attached hydrogens (tertiary/aromatic N) is 7. The highest BCUT2D eigenvalue weighted by molar-refractivity contribution is 6.00. The molecule has 1 aromatic carbocycles. The summed E-state index contributed by atoms with van der Waals surface area (Å²) in [6.07, 6.45) is 7.27. The van der Waals surface area contributed by atoms with Gasteiger partial charge in [0.05, 0.1) is 37.6 Å². The molecule has 1 amide bonds. The van der Waals surface area contributed by atoms with E-state index in [0.717, 1.165) is 46.7 Å². The molecule has 5 heterocycles. The standard InChI is InChI=1S/C31H35FN8O2/c1-3-38-14-20(13-35-38)16-40-28-25(9-22(11-27(28)42-2)31(41)37-17-23(32)12-24(33)18-37)36-30(40)26-10-21-5-4-8-34-29(21)39(26)15-19-6-7-19/h4-5,8-11,13-14,19,23-24H,3,6-7,12,15-18,33H2,1-2H3/t23-,24-/m1/s1. The van der Waals surface area contributed by atoms with E-state index in [9.17, 15) is 9.18 Å². The molecule has 7 rings (SSSR count). The maximum absolute atomic E-state index is 14.3. The van der Waals surface area contributed by atoms with Crippen LogP contribution in [0.5, 0.6) is 5.75 Å². The van der Waals surface area contributed by atoms with Crippen LogP contribution in [-0.4, -0.2) is 72.1 Å². The van der Waals surface area contributed by atoms with Gasteiger partial charge in [-0.3, -0.25) is 9.48 Å². The minimum absolute atomic E-state index is 0.0300. The Morgan fingerprint density at radius 3 is 2.79 bits per heavy atom. The smallest absolute Gasteiger partial charge is 0.254 e. The van der Waals surface area contributed by atoms with E-state index in [1.54, 1.807) is 19.2 Å². The van der Waals surface area contributed by atoms with Crippen LogP contribution in [0.15, 0.2) is 48.9 Å². The first-order valence-corrected chi connectivity index (χ1v) is 14.6. The van der Waals surface area contributed by atoms with Crippen molar-refractivity contribution in [2.24, 2.45) is 11.7 Å². The summed E-state index contributed by atoms with van der Waals surface area (Å²) in [5.74, 6) is 1.63. The molecule has 1 aliphatic heterocycles. The van der Waals surface area contributed by atoms with Gasteiger partial charge < -0.3 is 24.5 Å². The van der Waals surface area contributed by atoms with Gasteiger partial charge in [0, 0.05) is 54.6 Å². The molecule has 0 radical (unpaired) electrons. The molecule has 5 aromatic rings. The Morgan fingerprint density at radius 1 is 1.19 bits per heavy atom. The van der Waals surface area contributed by atoms with Crippen LogP contribution in [-0.2, 0) is 19.6 Å². The fourth-order valence-corrected chi connectivity index (χ4v) is 6.14. The Labute approximate surface area is 242 Å². The van der Waals surface area contributed by atoms with Crippen LogP contribution in [0.3, 0.4) is 0 Å². The minimum Gasteiger partial charge on any atom is -0.494 e. The van der Waals surface area contributed by atoms with Crippen molar-refractivity contribution in [3.8, 4) is 17.3 Å². The topological polar surface area (TPSA) is 109 Å². The van der Waals surface area contributed by atoms with E-state index < -0.39 is 6.17 Å².